The van der Waals surface area contributed by atoms with Crippen LogP contribution in [0.4, 0.5) is 5.69 Å². The summed E-state index contributed by atoms with van der Waals surface area (Å²) in [5.74, 6) is 0.743. The van der Waals surface area contributed by atoms with Gasteiger partial charge in [-0.3, -0.25) is 9.98 Å². The predicted molar refractivity (Wildman–Crippen MR) is 110 cm³/mol. The summed E-state index contributed by atoms with van der Waals surface area (Å²) < 4.78 is 5.43. The molecule has 26 heavy (non-hydrogen) atoms. The first-order chi connectivity index (χ1) is 12.7. The number of morpholine rings is 1. The standard InChI is InChI=1S/C20H25N5O/c1-4-23-19-14-16(21-2)13-18(24-20(19)22-3)15-5-7-17(8-6-15)25-9-11-26-12-10-25/h4-8,13H,1,9-12,14H2,2-3H3,(H,22,24)/b21-16-,23-19+. The largest absolute Gasteiger partial charge is 0.378 e. The van der Waals surface area contributed by atoms with Gasteiger partial charge in [-0.15, -0.1) is 0 Å². The zero-order valence-corrected chi connectivity index (χ0v) is 15.4. The van der Waals surface area contributed by atoms with E-state index in [0.29, 0.717) is 6.42 Å². The van der Waals surface area contributed by atoms with E-state index in [2.05, 4.69) is 51.0 Å². The molecule has 6 heteroatoms. The monoisotopic (exact) mass is 351 g/mol. The number of nitrogens with one attached hydrogen (secondary N) is 1. The molecule has 2 aliphatic heterocycles. The number of nitrogens with zero attached hydrogens (tertiary/aromatic N) is 4. The molecule has 1 N–H and O–H groups in total. The third-order valence-corrected chi connectivity index (χ3v) is 4.47. The molecule has 0 saturated carbocycles. The van der Waals surface area contributed by atoms with Crippen LogP contribution >= 0.6 is 0 Å². The second-order valence-corrected chi connectivity index (χ2v) is 6.04. The van der Waals surface area contributed by atoms with E-state index in [4.69, 9.17) is 9.73 Å². The lowest BCUT2D eigenvalue weighted by molar-refractivity contribution is 0.122. The van der Waals surface area contributed by atoms with Gasteiger partial charge in [0.25, 0.3) is 0 Å². The molecule has 0 radical (unpaired) electrons. The second-order valence-electron chi connectivity index (χ2n) is 6.04. The maximum Gasteiger partial charge on any atom is 0.148 e. The number of hydrogen-bond acceptors (Lipinski definition) is 6. The Morgan fingerprint density at radius 1 is 1.23 bits per heavy atom. The van der Waals surface area contributed by atoms with Crippen molar-refractivity contribution in [1.29, 1.82) is 0 Å². The smallest absolute Gasteiger partial charge is 0.148 e. The van der Waals surface area contributed by atoms with Gasteiger partial charge in [0.2, 0.25) is 0 Å². The van der Waals surface area contributed by atoms with Crippen LogP contribution in [0.5, 0.6) is 0 Å². The Morgan fingerprint density at radius 3 is 2.58 bits per heavy atom. The number of ether oxygens (including phenoxy) is 1. The molecule has 0 aromatic heterocycles. The van der Waals surface area contributed by atoms with Crippen LogP contribution in [-0.2, 0) is 4.74 Å². The summed E-state index contributed by atoms with van der Waals surface area (Å²) in [6.45, 7) is 7.12. The fourth-order valence-corrected chi connectivity index (χ4v) is 3.05. The van der Waals surface area contributed by atoms with E-state index >= 15 is 0 Å². The highest BCUT2D eigenvalue weighted by Crippen LogP contribution is 2.23. The van der Waals surface area contributed by atoms with Gasteiger partial charge in [0.15, 0.2) is 0 Å². The van der Waals surface area contributed by atoms with Gasteiger partial charge in [-0.25, -0.2) is 4.99 Å². The summed E-state index contributed by atoms with van der Waals surface area (Å²) in [6.07, 6.45) is 4.18. The first-order valence-corrected chi connectivity index (χ1v) is 8.80. The zero-order valence-electron chi connectivity index (χ0n) is 15.4. The minimum Gasteiger partial charge on any atom is -0.378 e. The summed E-state index contributed by atoms with van der Waals surface area (Å²) in [6, 6.07) is 8.50. The molecular weight excluding hydrogens is 326 g/mol. The fraction of sp³-hybridized carbons (Fsp3) is 0.350. The fourth-order valence-electron chi connectivity index (χ4n) is 3.05. The third-order valence-electron chi connectivity index (χ3n) is 4.47. The molecule has 0 bridgehead atoms. The number of amidine groups is 1. The van der Waals surface area contributed by atoms with Crippen LogP contribution in [0.25, 0.3) is 5.70 Å². The second kappa shape index (κ2) is 8.58. The summed E-state index contributed by atoms with van der Waals surface area (Å²) in [5, 5.41) is 3.14. The number of allylic oxidation sites excluding steroid dienone is 1. The van der Waals surface area contributed by atoms with Crippen molar-refractivity contribution in [3.05, 3.63) is 48.7 Å². The lowest BCUT2D eigenvalue weighted by Gasteiger charge is -2.28. The Kier molecular flexibility index (Phi) is 5.96. The highest BCUT2D eigenvalue weighted by atomic mass is 16.5. The lowest BCUT2D eigenvalue weighted by atomic mass is 10.1. The summed E-state index contributed by atoms with van der Waals surface area (Å²) in [5.41, 5.74) is 4.90. The van der Waals surface area contributed by atoms with Crippen molar-refractivity contribution in [1.82, 2.24) is 5.32 Å². The van der Waals surface area contributed by atoms with Crippen molar-refractivity contribution in [2.75, 3.05) is 45.3 Å². The molecule has 0 aliphatic carbocycles. The Bertz CT molecular complexity index is 768. The Hall–Kier alpha value is -2.73. The van der Waals surface area contributed by atoms with Crippen LogP contribution in [0.3, 0.4) is 0 Å². The SMILES string of the molecule is C=C/N=C1\C/C(=N\C)C=C(c2ccc(N3CCOCC3)cc2)N=C1NC. The van der Waals surface area contributed by atoms with Gasteiger partial charge < -0.3 is 15.0 Å². The maximum absolute atomic E-state index is 5.43. The van der Waals surface area contributed by atoms with Crippen LogP contribution in [0.1, 0.15) is 12.0 Å². The maximum atomic E-state index is 5.43. The van der Waals surface area contributed by atoms with Crippen molar-refractivity contribution in [2.24, 2.45) is 15.0 Å². The first kappa shape index (κ1) is 18.1. The molecule has 2 aliphatic rings. The van der Waals surface area contributed by atoms with Crippen LogP contribution < -0.4 is 10.2 Å². The average molecular weight is 351 g/mol. The average Bonchev–Trinajstić information content (AvgIpc) is 2.88. The summed E-state index contributed by atoms with van der Waals surface area (Å²) in [7, 11) is 3.64. The topological polar surface area (TPSA) is 61.6 Å². The Balaban J connectivity index is 1.92. The molecule has 1 saturated heterocycles. The van der Waals surface area contributed by atoms with Crippen LogP contribution in [0.2, 0.25) is 0 Å². The van der Waals surface area contributed by atoms with E-state index in [0.717, 1.165) is 54.8 Å². The quantitative estimate of drug-likeness (QED) is 0.910. The van der Waals surface area contributed by atoms with Crippen molar-refractivity contribution in [3.63, 3.8) is 0 Å². The van der Waals surface area contributed by atoms with Gasteiger partial charge in [-0.05, 0) is 18.2 Å². The molecule has 1 aromatic carbocycles. The van der Waals surface area contributed by atoms with Gasteiger partial charge in [-0.2, -0.15) is 0 Å². The Morgan fingerprint density at radius 2 is 1.96 bits per heavy atom. The van der Waals surface area contributed by atoms with Gasteiger partial charge in [0.05, 0.1) is 24.6 Å². The normalized spacial score (nSPS) is 21.2. The minimum absolute atomic E-state index is 0.623. The van der Waals surface area contributed by atoms with Crippen LogP contribution in [0.15, 0.2) is 58.1 Å². The molecule has 0 atom stereocenters. The van der Waals surface area contributed by atoms with Crippen molar-refractivity contribution >= 4 is 28.6 Å². The molecule has 136 valence electrons. The van der Waals surface area contributed by atoms with Gasteiger partial charge >= 0.3 is 0 Å². The number of benzene rings is 1. The van der Waals surface area contributed by atoms with Crippen molar-refractivity contribution < 1.29 is 4.74 Å². The molecule has 2 heterocycles. The number of rotatable bonds is 3. The molecule has 0 spiro atoms. The van der Waals surface area contributed by atoms with E-state index in [1.807, 2.05) is 13.1 Å². The van der Waals surface area contributed by atoms with Gasteiger partial charge in [0, 0.05) is 56.8 Å². The molecule has 1 fully saturated rings. The first-order valence-electron chi connectivity index (χ1n) is 8.80. The van der Waals surface area contributed by atoms with Crippen LogP contribution in [0, 0.1) is 0 Å². The summed E-state index contributed by atoms with van der Waals surface area (Å²) in [4.78, 5) is 15.8. The number of aliphatic imine (C=N–C) groups is 3. The number of anilines is 1. The van der Waals surface area contributed by atoms with E-state index in [1.165, 1.54) is 11.9 Å². The molecule has 3 rings (SSSR count). The van der Waals surface area contributed by atoms with Crippen LogP contribution in [-0.4, -0.2) is 57.7 Å². The molecule has 0 unspecified atom stereocenters. The summed E-state index contributed by atoms with van der Waals surface area (Å²) >= 11 is 0. The third kappa shape index (κ3) is 4.08. The van der Waals surface area contributed by atoms with Crippen molar-refractivity contribution in [3.8, 4) is 0 Å². The van der Waals surface area contributed by atoms with Gasteiger partial charge in [-0.1, -0.05) is 18.7 Å². The van der Waals surface area contributed by atoms with E-state index in [-0.39, 0.29) is 0 Å². The molecule has 1 aromatic rings. The Labute approximate surface area is 154 Å². The molecule has 6 nitrogen and oxygen atoms in total. The highest BCUT2D eigenvalue weighted by molar-refractivity contribution is 6.46. The zero-order chi connectivity index (χ0) is 18.4. The molecule has 0 amide bonds. The van der Waals surface area contributed by atoms with E-state index in [1.54, 1.807) is 7.05 Å². The van der Waals surface area contributed by atoms with E-state index in [9.17, 15) is 0 Å². The molecular formula is C20H25N5O. The highest BCUT2D eigenvalue weighted by Gasteiger charge is 2.17. The predicted octanol–water partition coefficient (Wildman–Crippen LogP) is 2.54. The van der Waals surface area contributed by atoms with E-state index < -0.39 is 0 Å². The van der Waals surface area contributed by atoms with Crippen molar-refractivity contribution in [2.45, 2.75) is 6.42 Å². The number of hydrogen-bond donors (Lipinski definition) is 1. The van der Waals surface area contributed by atoms with Gasteiger partial charge in [0.1, 0.15) is 5.84 Å². The lowest BCUT2D eigenvalue weighted by Crippen LogP contribution is -2.36. The minimum atomic E-state index is 0.623.